The lowest BCUT2D eigenvalue weighted by molar-refractivity contribution is 0.102. The SMILES string of the molecule is CC(C)c1cccc(NC(=O)c2cc(S(C)(=O)=O)ccc2Cl)c1. The Hall–Kier alpha value is -1.85. The molecule has 0 radical (unpaired) electrons. The Labute approximate surface area is 141 Å². The van der Waals surface area contributed by atoms with Crippen LogP contribution in [0.5, 0.6) is 0 Å². The molecular formula is C17H18ClNO3S. The Morgan fingerprint density at radius 3 is 2.43 bits per heavy atom. The predicted octanol–water partition coefficient (Wildman–Crippen LogP) is 4.12. The number of halogens is 1. The normalized spacial score (nSPS) is 11.5. The van der Waals surface area contributed by atoms with E-state index < -0.39 is 15.7 Å². The van der Waals surface area contributed by atoms with E-state index in [4.69, 9.17) is 11.6 Å². The highest BCUT2D eigenvalue weighted by molar-refractivity contribution is 7.90. The van der Waals surface area contributed by atoms with Crippen LogP contribution in [0.4, 0.5) is 5.69 Å². The van der Waals surface area contributed by atoms with Crippen molar-refractivity contribution in [2.75, 3.05) is 11.6 Å². The number of benzene rings is 2. The highest BCUT2D eigenvalue weighted by atomic mass is 35.5. The molecule has 0 bridgehead atoms. The van der Waals surface area contributed by atoms with E-state index in [1.165, 1.54) is 18.2 Å². The molecule has 2 aromatic rings. The zero-order chi connectivity index (χ0) is 17.2. The average Bonchev–Trinajstić information content (AvgIpc) is 2.46. The number of nitrogens with one attached hydrogen (secondary N) is 1. The first kappa shape index (κ1) is 17.5. The largest absolute Gasteiger partial charge is 0.322 e. The second-order valence-corrected chi connectivity index (χ2v) is 8.07. The third-order valence-corrected chi connectivity index (χ3v) is 4.86. The Kier molecular flexibility index (Phi) is 5.12. The Morgan fingerprint density at radius 2 is 1.83 bits per heavy atom. The number of carbonyl (C=O) groups is 1. The molecule has 2 aromatic carbocycles. The molecule has 1 N–H and O–H groups in total. The van der Waals surface area contributed by atoms with Crippen LogP contribution in [0.3, 0.4) is 0 Å². The highest BCUT2D eigenvalue weighted by Gasteiger charge is 2.16. The van der Waals surface area contributed by atoms with Gasteiger partial charge in [0.05, 0.1) is 15.5 Å². The Bertz CT molecular complexity index is 845. The van der Waals surface area contributed by atoms with Gasteiger partial charge in [0.2, 0.25) is 0 Å². The van der Waals surface area contributed by atoms with Gasteiger partial charge in [0.1, 0.15) is 0 Å². The summed E-state index contributed by atoms with van der Waals surface area (Å²) in [6.07, 6.45) is 1.09. The molecule has 2 rings (SSSR count). The van der Waals surface area contributed by atoms with Gasteiger partial charge in [0, 0.05) is 11.9 Å². The van der Waals surface area contributed by atoms with E-state index in [0.717, 1.165) is 11.8 Å². The fourth-order valence-corrected chi connectivity index (χ4v) is 2.93. The predicted molar refractivity (Wildman–Crippen MR) is 93.0 cm³/mol. The summed E-state index contributed by atoms with van der Waals surface area (Å²) in [6.45, 7) is 4.13. The fraction of sp³-hybridized carbons (Fsp3) is 0.235. The molecule has 0 atom stereocenters. The first-order valence-electron chi connectivity index (χ1n) is 7.09. The van der Waals surface area contributed by atoms with Gasteiger partial charge >= 0.3 is 0 Å². The van der Waals surface area contributed by atoms with Crippen LogP contribution in [-0.4, -0.2) is 20.6 Å². The third-order valence-electron chi connectivity index (χ3n) is 3.42. The molecular weight excluding hydrogens is 334 g/mol. The second-order valence-electron chi connectivity index (χ2n) is 5.65. The van der Waals surface area contributed by atoms with Crippen molar-refractivity contribution in [1.29, 1.82) is 0 Å². The summed E-state index contributed by atoms with van der Waals surface area (Å²) in [5.41, 5.74) is 1.87. The summed E-state index contributed by atoms with van der Waals surface area (Å²) in [4.78, 5) is 12.5. The highest BCUT2D eigenvalue weighted by Crippen LogP contribution is 2.23. The van der Waals surface area contributed by atoms with Crippen LogP contribution in [0.1, 0.15) is 35.7 Å². The number of rotatable bonds is 4. The van der Waals surface area contributed by atoms with Crippen molar-refractivity contribution in [3.05, 3.63) is 58.6 Å². The van der Waals surface area contributed by atoms with Crippen LogP contribution in [0.15, 0.2) is 47.4 Å². The lowest BCUT2D eigenvalue weighted by Crippen LogP contribution is -2.13. The van der Waals surface area contributed by atoms with Gasteiger partial charge in [-0.05, 0) is 41.8 Å². The number of anilines is 1. The van der Waals surface area contributed by atoms with Crippen molar-refractivity contribution in [3.63, 3.8) is 0 Å². The molecule has 6 heteroatoms. The molecule has 4 nitrogen and oxygen atoms in total. The van der Waals surface area contributed by atoms with Gasteiger partial charge in [-0.1, -0.05) is 37.6 Å². The molecule has 0 saturated carbocycles. The quantitative estimate of drug-likeness (QED) is 0.901. The molecule has 0 aliphatic carbocycles. The fourth-order valence-electron chi connectivity index (χ4n) is 2.08. The van der Waals surface area contributed by atoms with E-state index in [-0.39, 0.29) is 15.5 Å². The van der Waals surface area contributed by atoms with Gasteiger partial charge in [-0.3, -0.25) is 4.79 Å². The number of carbonyl (C=O) groups excluding carboxylic acids is 1. The Morgan fingerprint density at radius 1 is 1.13 bits per heavy atom. The van der Waals surface area contributed by atoms with Crippen LogP contribution in [0.25, 0.3) is 0 Å². The van der Waals surface area contributed by atoms with E-state index in [9.17, 15) is 13.2 Å². The van der Waals surface area contributed by atoms with Crippen LogP contribution >= 0.6 is 11.6 Å². The maximum atomic E-state index is 12.4. The maximum Gasteiger partial charge on any atom is 0.257 e. The first-order chi connectivity index (χ1) is 10.7. The third kappa shape index (κ3) is 4.33. The molecule has 0 spiro atoms. The second kappa shape index (κ2) is 6.72. The average molecular weight is 352 g/mol. The molecule has 23 heavy (non-hydrogen) atoms. The smallest absolute Gasteiger partial charge is 0.257 e. The molecule has 0 unspecified atom stereocenters. The van der Waals surface area contributed by atoms with Crippen LogP contribution < -0.4 is 5.32 Å². The van der Waals surface area contributed by atoms with E-state index in [2.05, 4.69) is 19.2 Å². The van der Waals surface area contributed by atoms with Gasteiger partial charge in [-0.15, -0.1) is 0 Å². The van der Waals surface area contributed by atoms with Gasteiger partial charge in [-0.25, -0.2) is 8.42 Å². The van der Waals surface area contributed by atoms with Gasteiger partial charge in [0.15, 0.2) is 9.84 Å². The maximum absolute atomic E-state index is 12.4. The minimum absolute atomic E-state index is 0.0583. The number of hydrogen-bond acceptors (Lipinski definition) is 3. The monoisotopic (exact) mass is 351 g/mol. The van der Waals surface area contributed by atoms with Crippen molar-refractivity contribution < 1.29 is 13.2 Å². The number of amides is 1. The lowest BCUT2D eigenvalue weighted by atomic mass is 10.0. The van der Waals surface area contributed by atoms with Gasteiger partial charge in [-0.2, -0.15) is 0 Å². The van der Waals surface area contributed by atoms with Crippen molar-refractivity contribution in [3.8, 4) is 0 Å². The molecule has 0 fully saturated rings. The van der Waals surface area contributed by atoms with E-state index in [1.54, 1.807) is 6.07 Å². The number of sulfone groups is 1. The summed E-state index contributed by atoms with van der Waals surface area (Å²) < 4.78 is 23.2. The van der Waals surface area contributed by atoms with Crippen molar-refractivity contribution in [2.24, 2.45) is 0 Å². The standard InChI is InChI=1S/C17H18ClNO3S/c1-11(2)12-5-4-6-13(9-12)19-17(20)15-10-14(23(3,21)22)7-8-16(15)18/h4-11H,1-3H3,(H,19,20). The lowest BCUT2D eigenvalue weighted by Gasteiger charge is -2.11. The van der Waals surface area contributed by atoms with Crippen LogP contribution in [-0.2, 0) is 9.84 Å². The first-order valence-corrected chi connectivity index (χ1v) is 9.36. The van der Waals surface area contributed by atoms with E-state index in [1.807, 2.05) is 18.2 Å². The Balaban J connectivity index is 2.33. The summed E-state index contributed by atoms with van der Waals surface area (Å²) >= 11 is 6.03. The summed E-state index contributed by atoms with van der Waals surface area (Å²) in [5.74, 6) is -0.106. The minimum Gasteiger partial charge on any atom is -0.322 e. The van der Waals surface area contributed by atoms with E-state index in [0.29, 0.717) is 11.6 Å². The van der Waals surface area contributed by atoms with Crippen LogP contribution in [0.2, 0.25) is 5.02 Å². The zero-order valence-corrected chi connectivity index (χ0v) is 14.7. The zero-order valence-electron chi connectivity index (χ0n) is 13.1. The van der Waals surface area contributed by atoms with Crippen molar-refractivity contribution in [1.82, 2.24) is 0 Å². The van der Waals surface area contributed by atoms with E-state index >= 15 is 0 Å². The molecule has 0 aliphatic rings. The van der Waals surface area contributed by atoms with Crippen molar-refractivity contribution in [2.45, 2.75) is 24.7 Å². The van der Waals surface area contributed by atoms with Crippen LogP contribution in [0, 0.1) is 0 Å². The molecule has 1 amide bonds. The summed E-state index contributed by atoms with van der Waals surface area (Å²) in [7, 11) is -3.41. The molecule has 0 heterocycles. The summed E-state index contributed by atoms with van der Waals surface area (Å²) in [5, 5.41) is 2.96. The topological polar surface area (TPSA) is 63.2 Å². The van der Waals surface area contributed by atoms with Crippen molar-refractivity contribution >= 4 is 33.0 Å². The molecule has 0 aromatic heterocycles. The molecule has 0 aliphatic heterocycles. The minimum atomic E-state index is -3.41. The number of hydrogen-bond donors (Lipinski definition) is 1. The molecule has 122 valence electrons. The molecule has 0 saturated heterocycles. The van der Waals surface area contributed by atoms with Gasteiger partial charge in [0.25, 0.3) is 5.91 Å². The van der Waals surface area contributed by atoms with Gasteiger partial charge < -0.3 is 5.32 Å². The summed E-state index contributed by atoms with van der Waals surface area (Å²) in [6, 6.07) is 11.6.